The van der Waals surface area contributed by atoms with Crippen LogP contribution >= 0.6 is 0 Å². The average Bonchev–Trinajstić information content (AvgIpc) is 3.04. The van der Waals surface area contributed by atoms with E-state index in [-0.39, 0.29) is 35.4 Å². The first-order valence-electron chi connectivity index (χ1n) is 10.8. The third-order valence-electron chi connectivity index (χ3n) is 7.63. The van der Waals surface area contributed by atoms with Gasteiger partial charge in [-0.2, -0.15) is 0 Å². The van der Waals surface area contributed by atoms with Crippen LogP contribution in [0.5, 0.6) is 0 Å². The average molecular weight is 424 g/mol. The van der Waals surface area contributed by atoms with Gasteiger partial charge in [-0.25, -0.2) is 0 Å². The lowest BCUT2D eigenvalue weighted by atomic mass is 9.51. The van der Waals surface area contributed by atoms with Gasteiger partial charge in [0.25, 0.3) is 0 Å². The number of rotatable bonds is 4. The molecule has 0 radical (unpaired) electrons. The van der Waals surface area contributed by atoms with Gasteiger partial charge in [-0.1, -0.05) is 24.6 Å². The van der Waals surface area contributed by atoms with Gasteiger partial charge in [0.05, 0.1) is 5.41 Å². The van der Waals surface area contributed by atoms with Crippen LogP contribution in [0.4, 0.5) is 0 Å². The predicted molar refractivity (Wildman–Crippen MR) is 112 cm³/mol. The number of hydrogen-bond acceptors (Lipinski definition) is 6. The molecule has 164 valence electrons. The highest BCUT2D eigenvalue weighted by Gasteiger charge is 2.56. The maximum Gasteiger partial charge on any atom is 0.307 e. The fourth-order valence-corrected chi connectivity index (χ4v) is 6.14. The molecular weight excluding hydrogens is 396 g/mol. The lowest BCUT2D eigenvalue weighted by Crippen LogP contribution is -2.45. The van der Waals surface area contributed by atoms with Crippen LogP contribution in [-0.2, 0) is 28.7 Å². The second-order valence-electron chi connectivity index (χ2n) is 9.39. The van der Waals surface area contributed by atoms with Crippen LogP contribution in [0.2, 0.25) is 0 Å². The highest BCUT2D eigenvalue weighted by atomic mass is 16.5. The third kappa shape index (κ3) is 3.33. The van der Waals surface area contributed by atoms with E-state index in [2.05, 4.69) is 13.0 Å². The van der Waals surface area contributed by atoms with E-state index in [4.69, 9.17) is 9.47 Å². The summed E-state index contributed by atoms with van der Waals surface area (Å²) in [4.78, 5) is 47.9. The molecule has 4 rings (SSSR count). The molecule has 0 bridgehead atoms. The van der Waals surface area contributed by atoms with Crippen LogP contribution in [0.15, 0.2) is 46.8 Å². The van der Waals surface area contributed by atoms with Crippen molar-refractivity contribution in [3.8, 4) is 0 Å². The zero-order valence-electron chi connectivity index (χ0n) is 18.4. The summed E-state index contributed by atoms with van der Waals surface area (Å²) in [7, 11) is 0. The summed E-state index contributed by atoms with van der Waals surface area (Å²) < 4.78 is 10.5. The van der Waals surface area contributed by atoms with Gasteiger partial charge >= 0.3 is 11.9 Å². The molecular formula is C25H28O6. The smallest absolute Gasteiger partial charge is 0.307 e. The van der Waals surface area contributed by atoms with Crippen molar-refractivity contribution in [2.45, 2.75) is 53.4 Å². The topological polar surface area (TPSA) is 86.7 Å². The van der Waals surface area contributed by atoms with Crippen LogP contribution in [0.3, 0.4) is 0 Å². The van der Waals surface area contributed by atoms with E-state index < -0.39 is 17.4 Å². The maximum absolute atomic E-state index is 12.8. The minimum atomic E-state index is -0.617. The molecule has 0 aromatic rings. The summed E-state index contributed by atoms with van der Waals surface area (Å²) >= 11 is 0. The number of allylic oxidation sites excluding steroid dienone is 5. The Hall–Kier alpha value is -2.76. The van der Waals surface area contributed by atoms with E-state index >= 15 is 0 Å². The van der Waals surface area contributed by atoms with Crippen molar-refractivity contribution in [1.82, 2.24) is 0 Å². The van der Waals surface area contributed by atoms with Crippen molar-refractivity contribution in [2.75, 3.05) is 6.61 Å². The molecule has 0 amide bonds. The highest BCUT2D eigenvalue weighted by Crippen LogP contribution is 2.63. The fourth-order valence-electron chi connectivity index (χ4n) is 6.14. The van der Waals surface area contributed by atoms with Crippen LogP contribution < -0.4 is 0 Å². The molecule has 0 aliphatic heterocycles. The van der Waals surface area contributed by atoms with Crippen LogP contribution in [-0.4, -0.2) is 30.1 Å². The Morgan fingerprint density at radius 3 is 2.52 bits per heavy atom. The summed E-state index contributed by atoms with van der Waals surface area (Å²) in [6.07, 6.45) is 10.4. The SMILES string of the molecule is CC(=O)OCC(=O)C1=CC[C@H]2[C@@H]3CCC4=CC(=O)C=C(OC(C)=O)[C@]4(C)C3=CC[C@]12C. The van der Waals surface area contributed by atoms with E-state index in [0.29, 0.717) is 12.2 Å². The number of ketones is 2. The van der Waals surface area contributed by atoms with Gasteiger partial charge in [0.2, 0.25) is 0 Å². The molecule has 0 aromatic heterocycles. The number of esters is 2. The van der Waals surface area contributed by atoms with E-state index in [9.17, 15) is 19.2 Å². The summed E-state index contributed by atoms with van der Waals surface area (Å²) in [6.45, 7) is 6.58. The van der Waals surface area contributed by atoms with Gasteiger partial charge in [-0.3, -0.25) is 19.2 Å². The second kappa shape index (κ2) is 7.43. The Balaban J connectivity index is 1.68. The Labute approximate surface area is 182 Å². The molecule has 0 unspecified atom stereocenters. The Kier molecular flexibility index (Phi) is 5.15. The normalized spacial score (nSPS) is 33.6. The monoisotopic (exact) mass is 424 g/mol. The van der Waals surface area contributed by atoms with Gasteiger partial charge < -0.3 is 9.47 Å². The lowest BCUT2D eigenvalue weighted by Gasteiger charge is -2.52. The minimum absolute atomic E-state index is 0.136. The molecule has 31 heavy (non-hydrogen) atoms. The van der Waals surface area contributed by atoms with Crippen molar-refractivity contribution in [2.24, 2.45) is 22.7 Å². The fraction of sp³-hybridized carbons (Fsp3) is 0.520. The Bertz CT molecular complexity index is 1010. The quantitative estimate of drug-likeness (QED) is 0.504. The first-order chi connectivity index (χ1) is 14.6. The van der Waals surface area contributed by atoms with Crippen molar-refractivity contribution in [3.63, 3.8) is 0 Å². The first-order valence-corrected chi connectivity index (χ1v) is 10.8. The largest absolute Gasteiger partial charge is 0.457 e. The zero-order valence-corrected chi connectivity index (χ0v) is 18.4. The third-order valence-corrected chi connectivity index (χ3v) is 7.63. The van der Waals surface area contributed by atoms with E-state index in [1.54, 1.807) is 6.08 Å². The lowest BCUT2D eigenvalue weighted by molar-refractivity contribution is -0.145. The number of Topliss-reactive ketones (excluding diaryl/α,β-unsaturated/α-hetero) is 1. The Morgan fingerprint density at radius 1 is 1.10 bits per heavy atom. The Morgan fingerprint density at radius 2 is 1.84 bits per heavy atom. The van der Waals surface area contributed by atoms with Crippen LogP contribution in [0.1, 0.15) is 53.4 Å². The molecule has 1 saturated carbocycles. The first kappa shape index (κ1) is 21.5. The van der Waals surface area contributed by atoms with Gasteiger partial charge in [0, 0.05) is 30.9 Å². The van der Waals surface area contributed by atoms with Crippen molar-refractivity contribution < 1.29 is 28.7 Å². The van der Waals surface area contributed by atoms with Crippen molar-refractivity contribution in [3.05, 3.63) is 46.8 Å². The molecule has 6 heteroatoms. The number of ether oxygens (including phenoxy) is 2. The van der Waals surface area contributed by atoms with Gasteiger partial charge in [0.15, 0.2) is 18.2 Å². The second-order valence-corrected chi connectivity index (χ2v) is 9.39. The molecule has 1 fully saturated rings. The van der Waals surface area contributed by atoms with E-state index in [0.717, 1.165) is 30.4 Å². The summed E-state index contributed by atoms with van der Waals surface area (Å²) in [5.41, 5.74) is 1.97. The van der Waals surface area contributed by atoms with Crippen LogP contribution in [0.25, 0.3) is 0 Å². The van der Waals surface area contributed by atoms with Gasteiger partial charge in [0.1, 0.15) is 5.76 Å². The number of carbonyl (C=O) groups is 4. The summed E-state index contributed by atoms with van der Waals surface area (Å²) in [5, 5.41) is 0. The summed E-state index contributed by atoms with van der Waals surface area (Å²) in [5.74, 6) is -0.338. The molecule has 0 heterocycles. The molecule has 0 N–H and O–H groups in total. The van der Waals surface area contributed by atoms with Gasteiger partial charge in [-0.05, 0) is 56.1 Å². The van der Waals surface area contributed by atoms with E-state index in [1.807, 2.05) is 13.0 Å². The van der Waals surface area contributed by atoms with Crippen LogP contribution in [0, 0.1) is 22.7 Å². The molecule has 4 aliphatic rings. The molecule has 0 spiro atoms. The maximum atomic E-state index is 12.8. The minimum Gasteiger partial charge on any atom is -0.457 e. The number of hydrogen-bond donors (Lipinski definition) is 0. The molecule has 0 aromatic carbocycles. The molecule has 0 saturated heterocycles. The highest BCUT2D eigenvalue weighted by molar-refractivity contribution is 6.02. The van der Waals surface area contributed by atoms with Crippen molar-refractivity contribution >= 4 is 23.5 Å². The van der Waals surface area contributed by atoms with Crippen molar-refractivity contribution in [1.29, 1.82) is 0 Å². The predicted octanol–water partition coefficient (Wildman–Crippen LogP) is 3.77. The standard InChI is InChI=1S/C25H28O6/c1-14(26)30-13-22(29)21-8-7-19-18-6-5-16-11-17(28)12-23(31-15(2)27)25(16,4)20(18)9-10-24(19,21)3/h8-9,11-12,18-19H,5-7,10,13H2,1-4H3/t18-,19-,24-,25-/m0/s1. The zero-order chi connectivity index (χ0) is 22.6. The number of fused-ring (bicyclic) bond motifs is 5. The summed E-state index contributed by atoms with van der Waals surface area (Å²) in [6, 6.07) is 0. The van der Waals surface area contributed by atoms with E-state index in [1.165, 1.54) is 25.5 Å². The molecule has 4 atom stereocenters. The molecule has 6 nitrogen and oxygen atoms in total. The number of carbonyl (C=O) groups excluding carboxylic acids is 4. The molecule has 4 aliphatic carbocycles. The van der Waals surface area contributed by atoms with Gasteiger partial charge in [-0.15, -0.1) is 0 Å².